The third-order valence-electron chi connectivity index (χ3n) is 4.84. The average molecular weight is 470 g/mol. The summed E-state index contributed by atoms with van der Waals surface area (Å²) in [5.41, 5.74) is 2.79. The maximum Gasteiger partial charge on any atom is 0.416 e. The molecule has 0 aliphatic rings. The molecule has 0 amide bonds. The van der Waals surface area contributed by atoms with Gasteiger partial charge in [0.1, 0.15) is 0 Å². The minimum absolute atomic E-state index is 0.0241. The number of aryl methyl sites for hydroxylation is 1. The molecule has 0 saturated heterocycles. The second-order valence-electron chi connectivity index (χ2n) is 7.32. The highest BCUT2D eigenvalue weighted by molar-refractivity contribution is 7.89. The fourth-order valence-electron chi connectivity index (χ4n) is 3.21. The average Bonchev–Trinajstić information content (AvgIpc) is 2.78. The van der Waals surface area contributed by atoms with Crippen LogP contribution in [-0.2, 0) is 16.2 Å². The lowest BCUT2D eigenvalue weighted by molar-refractivity contribution is -0.137. The fourth-order valence-corrected chi connectivity index (χ4v) is 3.73. The Labute approximate surface area is 188 Å². The Morgan fingerprint density at radius 2 is 1.39 bits per heavy atom. The Balaban J connectivity index is 1.70. The van der Waals surface area contributed by atoms with Crippen LogP contribution in [-0.4, -0.2) is 23.4 Å². The van der Waals surface area contributed by atoms with Crippen LogP contribution in [0.4, 0.5) is 13.2 Å². The van der Waals surface area contributed by atoms with Gasteiger partial charge < -0.3 is 0 Å². The number of benzene rings is 2. The van der Waals surface area contributed by atoms with Crippen molar-refractivity contribution in [3.63, 3.8) is 0 Å². The predicted octanol–water partition coefficient (Wildman–Crippen LogP) is 4.85. The van der Waals surface area contributed by atoms with Crippen LogP contribution in [0.1, 0.15) is 11.1 Å². The number of rotatable bonds is 4. The highest BCUT2D eigenvalue weighted by Crippen LogP contribution is 2.31. The van der Waals surface area contributed by atoms with Gasteiger partial charge in [-0.1, -0.05) is 12.1 Å². The molecular formula is C23H17F3N4O2S. The van der Waals surface area contributed by atoms with Crippen LogP contribution >= 0.6 is 0 Å². The standard InChI is InChI=1S/C23H17F3N4O2S/c1-14-12-20(15-2-6-17(7-3-15)23(24,25)26)29-21(13-14)19-10-11-28-22(30-19)16-4-8-18(9-5-16)33(27,31)32/h2-13H,1H3,(H2,27,31,32). The van der Waals surface area contributed by atoms with Gasteiger partial charge in [0.25, 0.3) is 0 Å². The van der Waals surface area contributed by atoms with Crippen molar-refractivity contribution in [1.29, 1.82) is 0 Å². The Bertz CT molecular complexity index is 1420. The molecule has 168 valence electrons. The zero-order valence-corrected chi connectivity index (χ0v) is 18.0. The summed E-state index contributed by atoms with van der Waals surface area (Å²) >= 11 is 0. The van der Waals surface area contributed by atoms with Crippen molar-refractivity contribution < 1.29 is 21.6 Å². The van der Waals surface area contributed by atoms with Gasteiger partial charge in [0.2, 0.25) is 10.0 Å². The maximum atomic E-state index is 12.9. The number of sulfonamides is 1. The van der Waals surface area contributed by atoms with Crippen LogP contribution in [0.5, 0.6) is 0 Å². The van der Waals surface area contributed by atoms with Crippen molar-refractivity contribution in [2.75, 3.05) is 0 Å². The number of primary sulfonamides is 1. The van der Waals surface area contributed by atoms with E-state index in [2.05, 4.69) is 15.0 Å². The Hall–Kier alpha value is -3.63. The van der Waals surface area contributed by atoms with Crippen LogP contribution in [0.3, 0.4) is 0 Å². The summed E-state index contributed by atoms with van der Waals surface area (Å²) in [5, 5.41) is 5.13. The molecule has 0 unspecified atom stereocenters. The zero-order valence-electron chi connectivity index (χ0n) is 17.2. The predicted molar refractivity (Wildman–Crippen MR) is 117 cm³/mol. The summed E-state index contributed by atoms with van der Waals surface area (Å²) < 4.78 is 61.5. The maximum absolute atomic E-state index is 12.9. The number of aromatic nitrogens is 3. The van der Waals surface area contributed by atoms with E-state index in [1.54, 1.807) is 30.5 Å². The van der Waals surface area contributed by atoms with Crippen LogP contribution in [0.25, 0.3) is 34.0 Å². The van der Waals surface area contributed by atoms with E-state index in [0.717, 1.165) is 17.7 Å². The molecule has 0 atom stereocenters. The van der Waals surface area contributed by atoms with Crippen molar-refractivity contribution in [3.05, 3.63) is 84.1 Å². The Morgan fingerprint density at radius 1 is 0.788 bits per heavy atom. The summed E-state index contributed by atoms with van der Waals surface area (Å²) in [5.74, 6) is 0.354. The van der Waals surface area contributed by atoms with Crippen LogP contribution in [0, 0.1) is 6.92 Å². The number of pyridine rings is 1. The zero-order chi connectivity index (χ0) is 23.8. The van der Waals surface area contributed by atoms with E-state index in [1.807, 2.05) is 13.0 Å². The summed E-state index contributed by atoms with van der Waals surface area (Å²) in [6.07, 6.45) is -2.86. The number of halogens is 3. The SMILES string of the molecule is Cc1cc(-c2ccc(C(F)(F)F)cc2)nc(-c2ccnc(-c3ccc(S(N)(=O)=O)cc3)n2)c1. The van der Waals surface area contributed by atoms with Gasteiger partial charge in [-0.05, 0) is 67.1 Å². The lowest BCUT2D eigenvalue weighted by Gasteiger charge is -2.10. The van der Waals surface area contributed by atoms with Gasteiger partial charge >= 0.3 is 6.18 Å². The molecule has 2 aromatic carbocycles. The minimum atomic E-state index is -4.41. The fraction of sp³-hybridized carbons (Fsp3) is 0.0870. The summed E-state index contributed by atoms with van der Waals surface area (Å²) in [4.78, 5) is 13.3. The smallest absolute Gasteiger partial charge is 0.246 e. The second-order valence-corrected chi connectivity index (χ2v) is 8.89. The minimum Gasteiger partial charge on any atom is -0.246 e. The number of hydrogen-bond donors (Lipinski definition) is 1. The van der Waals surface area contributed by atoms with E-state index in [-0.39, 0.29) is 4.90 Å². The second kappa shape index (κ2) is 8.38. The third kappa shape index (κ3) is 5.07. The molecule has 0 fully saturated rings. The quantitative estimate of drug-likeness (QED) is 0.460. The first-order chi connectivity index (χ1) is 15.5. The number of nitrogens with two attached hydrogens (primary N) is 1. The van der Waals surface area contributed by atoms with Gasteiger partial charge in [-0.25, -0.2) is 28.5 Å². The lowest BCUT2D eigenvalue weighted by Crippen LogP contribution is -2.11. The molecule has 0 spiro atoms. The molecule has 4 rings (SSSR count). The lowest BCUT2D eigenvalue weighted by atomic mass is 10.1. The van der Waals surface area contributed by atoms with E-state index in [0.29, 0.717) is 34.0 Å². The topological polar surface area (TPSA) is 98.8 Å². The molecule has 0 bridgehead atoms. The number of nitrogens with zero attached hydrogens (tertiary/aromatic N) is 3. The molecule has 0 saturated carbocycles. The van der Waals surface area contributed by atoms with Gasteiger partial charge in [-0.3, -0.25) is 0 Å². The van der Waals surface area contributed by atoms with Crippen molar-refractivity contribution in [1.82, 2.24) is 15.0 Å². The molecule has 4 aromatic rings. The van der Waals surface area contributed by atoms with Crippen molar-refractivity contribution in [2.45, 2.75) is 18.0 Å². The first-order valence-corrected chi connectivity index (χ1v) is 11.2. The normalized spacial score (nSPS) is 12.0. The summed E-state index contributed by atoms with van der Waals surface area (Å²) in [6.45, 7) is 1.85. The van der Waals surface area contributed by atoms with Gasteiger partial charge in [0, 0.05) is 17.3 Å². The molecule has 0 radical (unpaired) electrons. The third-order valence-corrected chi connectivity index (χ3v) is 5.77. The molecule has 33 heavy (non-hydrogen) atoms. The Morgan fingerprint density at radius 3 is 2.00 bits per heavy atom. The van der Waals surface area contributed by atoms with Crippen LogP contribution in [0.15, 0.2) is 77.8 Å². The van der Waals surface area contributed by atoms with Crippen LogP contribution in [0.2, 0.25) is 0 Å². The van der Waals surface area contributed by atoms with E-state index >= 15 is 0 Å². The van der Waals surface area contributed by atoms with Gasteiger partial charge in [0.05, 0.1) is 27.5 Å². The Kier molecular flexibility index (Phi) is 5.73. The molecular weight excluding hydrogens is 453 g/mol. The molecule has 10 heteroatoms. The van der Waals surface area contributed by atoms with E-state index in [9.17, 15) is 21.6 Å². The molecule has 2 aromatic heterocycles. The molecule has 2 N–H and O–H groups in total. The highest BCUT2D eigenvalue weighted by Gasteiger charge is 2.30. The number of alkyl halides is 3. The summed E-state index contributed by atoms with van der Waals surface area (Å²) in [7, 11) is -3.81. The van der Waals surface area contributed by atoms with Gasteiger partial charge in [-0.2, -0.15) is 13.2 Å². The molecule has 0 aliphatic carbocycles. The molecule has 0 aliphatic heterocycles. The van der Waals surface area contributed by atoms with Gasteiger partial charge in [0.15, 0.2) is 5.82 Å². The first-order valence-electron chi connectivity index (χ1n) is 9.64. The van der Waals surface area contributed by atoms with E-state index in [4.69, 9.17) is 5.14 Å². The van der Waals surface area contributed by atoms with Crippen molar-refractivity contribution in [3.8, 4) is 34.0 Å². The largest absolute Gasteiger partial charge is 0.416 e. The first kappa shape index (κ1) is 22.6. The highest BCUT2D eigenvalue weighted by atomic mass is 32.2. The van der Waals surface area contributed by atoms with E-state index in [1.165, 1.54) is 24.3 Å². The molecule has 2 heterocycles. The van der Waals surface area contributed by atoms with E-state index < -0.39 is 21.8 Å². The number of hydrogen-bond acceptors (Lipinski definition) is 5. The molecule has 6 nitrogen and oxygen atoms in total. The monoisotopic (exact) mass is 470 g/mol. The van der Waals surface area contributed by atoms with Crippen molar-refractivity contribution in [2.24, 2.45) is 5.14 Å². The van der Waals surface area contributed by atoms with Crippen LogP contribution < -0.4 is 5.14 Å². The summed E-state index contributed by atoms with van der Waals surface area (Å²) in [6, 6.07) is 15.9. The van der Waals surface area contributed by atoms with Crippen molar-refractivity contribution >= 4 is 10.0 Å². The van der Waals surface area contributed by atoms with Gasteiger partial charge in [-0.15, -0.1) is 0 Å².